The van der Waals surface area contributed by atoms with E-state index in [1.54, 1.807) is 91.0 Å². The summed E-state index contributed by atoms with van der Waals surface area (Å²) in [5.74, 6) is -3.48. The summed E-state index contributed by atoms with van der Waals surface area (Å²) in [6.45, 7) is 0. The second kappa shape index (κ2) is 17.0. The summed E-state index contributed by atoms with van der Waals surface area (Å²) in [5.41, 5.74) is -0.219. The van der Waals surface area contributed by atoms with Crippen molar-refractivity contribution in [2.45, 2.75) is 0 Å². The Hall–Kier alpha value is -8.72. The van der Waals surface area contributed by atoms with Crippen molar-refractivity contribution >= 4 is 58.4 Å². The number of benzene rings is 4. The SMILES string of the molecule is O=C1NC(=O)N(c2cccc(NC(=O)c3ccccc3)c2)C(=O)C1=CC=C(C=Cc1c(O)[nH]c(=O)n(-c2cccc(NC(=O)c3ccccc3)c2)c1=O)c1ccncc1. The van der Waals surface area contributed by atoms with Gasteiger partial charge in [-0.2, -0.15) is 0 Å². The quantitative estimate of drug-likeness (QED) is 0.0679. The van der Waals surface area contributed by atoms with Crippen LogP contribution in [0.2, 0.25) is 0 Å². The van der Waals surface area contributed by atoms with Crippen LogP contribution in [0.25, 0.3) is 17.3 Å². The van der Waals surface area contributed by atoms with Crippen LogP contribution in [0.4, 0.5) is 21.9 Å². The lowest BCUT2D eigenvalue weighted by atomic mass is 10.0. The van der Waals surface area contributed by atoms with Crippen molar-refractivity contribution in [3.05, 3.63) is 201 Å². The number of urea groups is 1. The minimum Gasteiger partial charge on any atom is -0.494 e. The largest absolute Gasteiger partial charge is 0.494 e. The molecule has 59 heavy (non-hydrogen) atoms. The minimum absolute atomic E-state index is 0.0731. The van der Waals surface area contributed by atoms with Crippen LogP contribution in [-0.2, 0) is 9.59 Å². The fourth-order valence-electron chi connectivity index (χ4n) is 6.00. The van der Waals surface area contributed by atoms with Crippen molar-refractivity contribution in [1.29, 1.82) is 0 Å². The highest BCUT2D eigenvalue weighted by molar-refractivity contribution is 6.37. The lowest BCUT2D eigenvalue weighted by Gasteiger charge is -2.26. The van der Waals surface area contributed by atoms with Crippen LogP contribution in [0.15, 0.2) is 167 Å². The van der Waals surface area contributed by atoms with E-state index in [-0.39, 0.29) is 22.6 Å². The fraction of sp³-hybridized carbons (Fsp3) is 0. The standard InChI is InChI=1S/C44H31N7O8/c52-37(29-9-3-1-4-10-29)46-31-13-7-15-33(25-31)50-41(56)35(39(54)48-43(50)58)19-17-27(28-21-23-45-24-22-28)18-20-36-40(55)49-44(59)51(42(36)57)34-16-8-14-32(26-34)47-38(53)30-11-5-2-6-12-30/h1-26,54H,(H,46,52)(H,47,53)(H,48,58)(H,49,55,59). The highest BCUT2D eigenvalue weighted by Crippen LogP contribution is 2.26. The van der Waals surface area contributed by atoms with E-state index in [0.29, 0.717) is 28.0 Å². The van der Waals surface area contributed by atoms with Gasteiger partial charge in [-0.05, 0) is 96.1 Å². The van der Waals surface area contributed by atoms with Gasteiger partial charge in [0.15, 0.2) is 0 Å². The van der Waals surface area contributed by atoms with Crippen LogP contribution < -0.4 is 32.1 Å². The van der Waals surface area contributed by atoms with Crippen LogP contribution in [0.5, 0.6) is 5.88 Å². The molecule has 0 atom stereocenters. The van der Waals surface area contributed by atoms with Crippen LogP contribution in [0, 0.1) is 0 Å². The molecule has 7 rings (SSSR count). The highest BCUT2D eigenvalue weighted by Gasteiger charge is 2.36. The Morgan fingerprint density at radius 3 is 1.86 bits per heavy atom. The molecule has 4 aromatic carbocycles. The molecule has 0 saturated carbocycles. The fourth-order valence-corrected chi connectivity index (χ4v) is 6.00. The summed E-state index contributed by atoms with van der Waals surface area (Å²) in [7, 11) is 0. The number of rotatable bonds is 10. The zero-order valence-electron chi connectivity index (χ0n) is 30.7. The Bertz CT molecular complexity index is 2850. The molecule has 0 radical (unpaired) electrons. The summed E-state index contributed by atoms with van der Waals surface area (Å²) in [5, 5.41) is 18.4. The second-order valence-electron chi connectivity index (χ2n) is 12.7. The number of pyridine rings is 1. The second-order valence-corrected chi connectivity index (χ2v) is 12.7. The Kier molecular flexibility index (Phi) is 11.1. The molecular formula is C44H31N7O8. The molecular weight excluding hydrogens is 755 g/mol. The molecule has 290 valence electrons. The molecule has 0 spiro atoms. The summed E-state index contributed by atoms with van der Waals surface area (Å²) < 4.78 is 0.786. The van der Waals surface area contributed by atoms with Crippen molar-refractivity contribution in [3.8, 4) is 11.6 Å². The van der Waals surface area contributed by atoms with Gasteiger partial charge in [0.1, 0.15) is 11.1 Å². The van der Waals surface area contributed by atoms with Crippen LogP contribution >= 0.6 is 0 Å². The Morgan fingerprint density at radius 2 is 1.25 bits per heavy atom. The van der Waals surface area contributed by atoms with Gasteiger partial charge in [0.2, 0.25) is 5.88 Å². The number of nitrogens with one attached hydrogen (secondary N) is 4. The molecule has 3 heterocycles. The predicted molar refractivity (Wildman–Crippen MR) is 220 cm³/mol. The average molecular weight is 786 g/mol. The van der Waals surface area contributed by atoms with E-state index >= 15 is 0 Å². The first-order valence-electron chi connectivity index (χ1n) is 17.8. The molecule has 0 bridgehead atoms. The van der Waals surface area contributed by atoms with E-state index in [2.05, 4.69) is 25.9 Å². The smallest absolute Gasteiger partial charge is 0.335 e. The third kappa shape index (κ3) is 8.58. The van der Waals surface area contributed by atoms with Gasteiger partial charge >= 0.3 is 11.7 Å². The lowest BCUT2D eigenvalue weighted by Crippen LogP contribution is -2.54. The number of aromatic hydroxyl groups is 1. The van der Waals surface area contributed by atoms with Crippen molar-refractivity contribution in [2.24, 2.45) is 0 Å². The van der Waals surface area contributed by atoms with E-state index in [9.17, 15) is 38.7 Å². The number of aromatic nitrogens is 3. The molecule has 1 aliphatic heterocycles. The van der Waals surface area contributed by atoms with E-state index in [1.807, 2.05) is 0 Å². The molecule has 1 fully saturated rings. The van der Waals surface area contributed by atoms with Crippen molar-refractivity contribution < 1.29 is 29.1 Å². The first-order valence-corrected chi connectivity index (χ1v) is 17.8. The number of carbonyl (C=O) groups excluding carboxylic acids is 5. The van der Waals surface area contributed by atoms with Crippen molar-refractivity contribution in [2.75, 3.05) is 15.5 Å². The number of carbonyl (C=O) groups is 5. The zero-order chi connectivity index (χ0) is 41.5. The lowest BCUT2D eigenvalue weighted by molar-refractivity contribution is -0.122. The first-order chi connectivity index (χ1) is 28.6. The number of allylic oxidation sites excluding steroid dienone is 4. The Morgan fingerprint density at radius 1 is 0.678 bits per heavy atom. The first kappa shape index (κ1) is 38.6. The number of anilines is 3. The third-order valence-corrected chi connectivity index (χ3v) is 8.89. The number of nitrogens with zero attached hydrogens (tertiary/aromatic N) is 3. The van der Waals surface area contributed by atoms with Crippen LogP contribution in [0.1, 0.15) is 31.8 Å². The number of imide groups is 2. The number of aromatic amines is 1. The molecule has 0 unspecified atom stereocenters. The minimum atomic E-state index is -1.00. The Labute approximate surface area is 334 Å². The van der Waals surface area contributed by atoms with Crippen LogP contribution in [-0.4, -0.2) is 49.3 Å². The summed E-state index contributed by atoms with van der Waals surface area (Å²) >= 11 is 0. The number of hydrogen-bond donors (Lipinski definition) is 5. The molecule has 1 saturated heterocycles. The van der Waals surface area contributed by atoms with Gasteiger partial charge in [0.05, 0.1) is 11.4 Å². The summed E-state index contributed by atoms with van der Waals surface area (Å²) in [6, 6.07) is 31.1. The van der Waals surface area contributed by atoms with E-state index in [4.69, 9.17) is 0 Å². The molecule has 15 heteroatoms. The highest BCUT2D eigenvalue weighted by atomic mass is 16.3. The molecule has 6 aromatic rings. The molecule has 2 aromatic heterocycles. The molecule has 15 nitrogen and oxygen atoms in total. The number of H-pyrrole nitrogens is 1. The topological polar surface area (TPSA) is 213 Å². The van der Waals surface area contributed by atoms with Gasteiger partial charge in [-0.15, -0.1) is 0 Å². The number of barbiturate groups is 1. The maximum Gasteiger partial charge on any atom is 0.335 e. The van der Waals surface area contributed by atoms with E-state index in [1.165, 1.54) is 67.0 Å². The monoisotopic (exact) mass is 785 g/mol. The van der Waals surface area contributed by atoms with Gasteiger partial charge in [-0.3, -0.25) is 39.3 Å². The van der Waals surface area contributed by atoms with Crippen LogP contribution in [0.3, 0.4) is 0 Å². The van der Waals surface area contributed by atoms with Gasteiger partial charge in [-0.25, -0.2) is 19.1 Å². The maximum absolute atomic E-state index is 13.8. The normalized spacial score (nSPS) is 13.7. The maximum atomic E-state index is 13.8. The third-order valence-electron chi connectivity index (χ3n) is 8.89. The zero-order valence-corrected chi connectivity index (χ0v) is 30.7. The molecule has 0 aliphatic carbocycles. The average Bonchev–Trinajstić information content (AvgIpc) is 3.23. The predicted octanol–water partition coefficient (Wildman–Crippen LogP) is 5.44. The van der Waals surface area contributed by atoms with Gasteiger partial charge in [-0.1, -0.05) is 60.7 Å². The number of hydrogen-bond acceptors (Lipinski definition) is 9. The Balaban J connectivity index is 1.19. The summed E-state index contributed by atoms with van der Waals surface area (Å²) in [4.78, 5) is 99.2. The number of amides is 6. The van der Waals surface area contributed by atoms with Crippen molar-refractivity contribution in [1.82, 2.24) is 19.9 Å². The molecule has 6 amide bonds. The van der Waals surface area contributed by atoms with E-state index < -0.39 is 52.4 Å². The van der Waals surface area contributed by atoms with Crippen molar-refractivity contribution in [3.63, 3.8) is 0 Å². The van der Waals surface area contributed by atoms with E-state index in [0.717, 1.165) is 9.47 Å². The molecule has 1 aliphatic rings. The summed E-state index contributed by atoms with van der Waals surface area (Å²) in [6.07, 6.45) is 8.21. The molecule has 5 N–H and O–H groups in total. The van der Waals surface area contributed by atoms with Gasteiger partial charge in [0.25, 0.3) is 29.2 Å². The van der Waals surface area contributed by atoms with Gasteiger partial charge in [0, 0.05) is 34.9 Å². The van der Waals surface area contributed by atoms with Gasteiger partial charge < -0.3 is 15.7 Å².